The fourth-order valence-electron chi connectivity index (χ4n) is 2.87. The highest BCUT2D eigenvalue weighted by Crippen LogP contribution is 2.32. The van der Waals surface area contributed by atoms with Gasteiger partial charge in [-0.3, -0.25) is 4.90 Å². The van der Waals surface area contributed by atoms with Crippen molar-refractivity contribution in [2.75, 3.05) is 33.7 Å². The number of piperazine rings is 1. The van der Waals surface area contributed by atoms with Gasteiger partial charge in [0.05, 0.1) is 0 Å². The van der Waals surface area contributed by atoms with Crippen molar-refractivity contribution < 1.29 is 0 Å². The van der Waals surface area contributed by atoms with Crippen LogP contribution in [0.3, 0.4) is 0 Å². The molecule has 1 heterocycles. The first-order valence-electron chi connectivity index (χ1n) is 5.83. The van der Waals surface area contributed by atoms with Crippen molar-refractivity contribution in [3.63, 3.8) is 0 Å². The minimum absolute atomic E-state index is 0.723. The summed E-state index contributed by atoms with van der Waals surface area (Å²) < 4.78 is 0. The SMILES string of the molecule is CNCC1CN(C)CC(C)N1C1CC1. The van der Waals surface area contributed by atoms with E-state index in [0.29, 0.717) is 0 Å². The molecular weight excluding hydrogens is 174 g/mol. The predicted octanol–water partition coefficient (Wildman–Crippen LogP) is 0.373. The molecule has 1 aliphatic heterocycles. The second kappa shape index (κ2) is 4.17. The van der Waals surface area contributed by atoms with Gasteiger partial charge in [0.2, 0.25) is 0 Å². The van der Waals surface area contributed by atoms with Gasteiger partial charge in [-0.15, -0.1) is 0 Å². The maximum absolute atomic E-state index is 3.32. The van der Waals surface area contributed by atoms with Gasteiger partial charge in [0.1, 0.15) is 0 Å². The molecule has 0 radical (unpaired) electrons. The van der Waals surface area contributed by atoms with Crippen LogP contribution in [0, 0.1) is 0 Å². The molecule has 2 rings (SSSR count). The lowest BCUT2D eigenvalue weighted by Gasteiger charge is -2.45. The van der Waals surface area contributed by atoms with E-state index in [1.54, 1.807) is 0 Å². The van der Waals surface area contributed by atoms with Gasteiger partial charge < -0.3 is 10.2 Å². The van der Waals surface area contributed by atoms with Crippen molar-refractivity contribution in [3.05, 3.63) is 0 Å². The molecular formula is C11H23N3. The molecule has 0 bridgehead atoms. The molecule has 0 aromatic carbocycles. The van der Waals surface area contributed by atoms with Gasteiger partial charge in [0.15, 0.2) is 0 Å². The zero-order valence-corrected chi connectivity index (χ0v) is 9.66. The maximum atomic E-state index is 3.32. The number of nitrogens with one attached hydrogen (secondary N) is 1. The van der Waals surface area contributed by atoms with Crippen molar-refractivity contribution in [1.82, 2.24) is 15.1 Å². The van der Waals surface area contributed by atoms with Crippen molar-refractivity contribution in [2.24, 2.45) is 0 Å². The fourth-order valence-corrected chi connectivity index (χ4v) is 2.87. The molecule has 1 saturated carbocycles. The first-order valence-corrected chi connectivity index (χ1v) is 5.83. The lowest BCUT2D eigenvalue weighted by Crippen LogP contribution is -2.60. The number of hydrogen-bond acceptors (Lipinski definition) is 3. The van der Waals surface area contributed by atoms with E-state index < -0.39 is 0 Å². The van der Waals surface area contributed by atoms with Crippen LogP contribution in [0.2, 0.25) is 0 Å². The molecule has 14 heavy (non-hydrogen) atoms. The van der Waals surface area contributed by atoms with Crippen LogP contribution in [0.25, 0.3) is 0 Å². The van der Waals surface area contributed by atoms with Crippen molar-refractivity contribution >= 4 is 0 Å². The topological polar surface area (TPSA) is 18.5 Å². The van der Waals surface area contributed by atoms with Gasteiger partial charge >= 0.3 is 0 Å². The van der Waals surface area contributed by atoms with Crippen LogP contribution in [0.1, 0.15) is 19.8 Å². The van der Waals surface area contributed by atoms with Gasteiger partial charge in [0.25, 0.3) is 0 Å². The second-order valence-electron chi connectivity index (χ2n) is 4.96. The summed E-state index contributed by atoms with van der Waals surface area (Å²) in [5.41, 5.74) is 0. The maximum Gasteiger partial charge on any atom is 0.0353 e. The van der Waals surface area contributed by atoms with E-state index in [4.69, 9.17) is 0 Å². The smallest absolute Gasteiger partial charge is 0.0353 e. The summed E-state index contributed by atoms with van der Waals surface area (Å²) in [6, 6.07) is 2.36. The highest BCUT2D eigenvalue weighted by molar-refractivity contribution is 4.96. The largest absolute Gasteiger partial charge is 0.318 e. The van der Waals surface area contributed by atoms with Crippen LogP contribution < -0.4 is 5.32 Å². The molecule has 0 aromatic heterocycles. The minimum Gasteiger partial charge on any atom is -0.318 e. The molecule has 82 valence electrons. The minimum atomic E-state index is 0.723. The first-order chi connectivity index (χ1) is 6.72. The van der Waals surface area contributed by atoms with Gasteiger partial charge in [-0.25, -0.2) is 0 Å². The normalized spacial score (nSPS) is 36.2. The van der Waals surface area contributed by atoms with Gasteiger partial charge in [-0.2, -0.15) is 0 Å². The highest BCUT2D eigenvalue weighted by atomic mass is 15.3. The molecule has 3 nitrogen and oxygen atoms in total. The predicted molar refractivity (Wildman–Crippen MR) is 59.5 cm³/mol. The number of nitrogens with zero attached hydrogens (tertiary/aromatic N) is 2. The van der Waals surface area contributed by atoms with Crippen LogP contribution in [0.4, 0.5) is 0 Å². The van der Waals surface area contributed by atoms with E-state index >= 15 is 0 Å². The van der Waals surface area contributed by atoms with Crippen LogP contribution in [-0.4, -0.2) is 61.7 Å². The van der Waals surface area contributed by atoms with Crippen LogP contribution in [0.5, 0.6) is 0 Å². The third-order valence-electron chi connectivity index (χ3n) is 3.44. The molecule has 0 aromatic rings. The summed E-state index contributed by atoms with van der Waals surface area (Å²) in [5, 5.41) is 3.32. The molecule has 0 spiro atoms. The Hall–Kier alpha value is -0.120. The zero-order valence-electron chi connectivity index (χ0n) is 9.66. The summed E-state index contributed by atoms with van der Waals surface area (Å²) in [5.74, 6) is 0. The van der Waals surface area contributed by atoms with Crippen molar-refractivity contribution in [2.45, 2.75) is 37.9 Å². The summed E-state index contributed by atoms with van der Waals surface area (Å²) in [6.45, 7) is 5.96. The molecule has 2 fully saturated rings. The molecule has 1 saturated heterocycles. The molecule has 1 aliphatic carbocycles. The first kappa shape index (κ1) is 10.4. The Labute approximate surface area is 87.4 Å². The molecule has 2 aliphatic rings. The molecule has 0 amide bonds. The van der Waals surface area contributed by atoms with Crippen molar-refractivity contribution in [1.29, 1.82) is 0 Å². The average Bonchev–Trinajstić information content (AvgIpc) is 2.87. The Morgan fingerprint density at radius 2 is 2.00 bits per heavy atom. The third kappa shape index (κ3) is 2.10. The third-order valence-corrected chi connectivity index (χ3v) is 3.44. The Kier molecular flexibility index (Phi) is 3.10. The number of rotatable bonds is 3. The van der Waals surface area contributed by atoms with E-state index in [-0.39, 0.29) is 0 Å². The lowest BCUT2D eigenvalue weighted by molar-refractivity contribution is 0.0376. The number of hydrogen-bond donors (Lipinski definition) is 1. The van der Waals surface area contributed by atoms with E-state index in [0.717, 1.165) is 24.7 Å². The van der Waals surface area contributed by atoms with Crippen LogP contribution >= 0.6 is 0 Å². The van der Waals surface area contributed by atoms with Crippen LogP contribution in [-0.2, 0) is 0 Å². The van der Waals surface area contributed by atoms with Gasteiger partial charge in [-0.05, 0) is 33.9 Å². The van der Waals surface area contributed by atoms with E-state index in [1.807, 2.05) is 0 Å². The number of likely N-dealkylation sites (N-methyl/N-ethyl adjacent to an activating group) is 2. The summed E-state index contributed by atoms with van der Waals surface area (Å²) in [4.78, 5) is 5.21. The van der Waals surface area contributed by atoms with Gasteiger partial charge in [0, 0.05) is 37.8 Å². The standard InChI is InChI=1S/C11H23N3/c1-9-7-13(3)8-11(6-12-2)14(9)10-4-5-10/h9-12H,4-8H2,1-3H3. The fraction of sp³-hybridized carbons (Fsp3) is 1.00. The Morgan fingerprint density at radius 1 is 1.29 bits per heavy atom. The molecule has 2 unspecified atom stereocenters. The van der Waals surface area contributed by atoms with Gasteiger partial charge in [-0.1, -0.05) is 0 Å². The molecule has 1 N–H and O–H groups in total. The van der Waals surface area contributed by atoms with E-state index in [1.165, 1.54) is 25.9 Å². The quantitative estimate of drug-likeness (QED) is 0.705. The molecule has 3 heteroatoms. The lowest BCUT2D eigenvalue weighted by atomic mass is 10.1. The van der Waals surface area contributed by atoms with Crippen LogP contribution in [0.15, 0.2) is 0 Å². The zero-order chi connectivity index (χ0) is 10.1. The van der Waals surface area contributed by atoms with E-state index in [9.17, 15) is 0 Å². The monoisotopic (exact) mass is 197 g/mol. The summed E-state index contributed by atoms with van der Waals surface area (Å²) in [7, 11) is 4.30. The van der Waals surface area contributed by atoms with Crippen molar-refractivity contribution in [3.8, 4) is 0 Å². The Bertz CT molecular complexity index is 191. The summed E-state index contributed by atoms with van der Waals surface area (Å²) >= 11 is 0. The second-order valence-corrected chi connectivity index (χ2v) is 4.96. The molecule has 2 atom stereocenters. The highest BCUT2D eigenvalue weighted by Gasteiger charge is 2.39. The summed E-state index contributed by atoms with van der Waals surface area (Å²) in [6.07, 6.45) is 2.85. The Balaban J connectivity index is 2.00. The average molecular weight is 197 g/mol. The van der Waals surface area contributed by atoms with E-state index in [2.05, 4.69) is 36.1 Å². The Morgan fingerprint density at radius 3 is 2.57 bits per heavy atom.